The molecule has 0 radical (unpaired) electrons. The number of nitrogens with one attached hydrogen (secondary N) is 2. The average Bonchev–Trinajstić information content (AvgIpc) is 2.84. The number of pyridine rings is 1. The quantitative estimate of drug-likeness (QED) is 0.828. The second-order valence-electron chi connectivity index (χ2n) is 3.59. The summed E-state index contributed by atoms with van der Waals surface area (Å²) in [6, 6.07) is 5.75. The molecule has 0 saturated heterocycles. The third-order valence-electron chi connectivity index (χ3n) is 2.38. The maximum atomic E-state index is 5.49. The van der Waals surface area contributed by atoms with Crippen molar-refractivity contribution in [1.82, 2.24) is 9.97 Å². The highest BCUT2D eigenvalue weighted by molar-refractivity contribution is 5.44. The topological polar surface area (TPSA) is 63.0 Å². The van der Waals surface area contributed by atoms with Gasteiger partial charge in [0.1, 0.15) is 17.4 Å². The predicted octanol–water partition coefficient (Wildman–Crippen LogP) is 2.29. The van der Waals surface area contributed by atoms with E-state index in [1.54, 1.807) is 6.20 Å². The zero-order valence-electron chi connectivity index (χ0n) is 10.0. The van der Waals surface area contributed by atoms with E-state index >= 15 is 0 Å². The number of hydrogen-bond donors (Lipinski definition) is 2. The molecule has 17 heavy (non-hydrogen) atoms. The molecule has 2 heterocycles. The molecule has 0 unspecified atom stereocenters. The van der Waals surface area contributed by atoms with Crippen molar-refractivity contribution in [3.63, 3.8) is 0 Å². The number of oxazole rings is 1. The predicted molar refractivity (Wildman–Crippen MR) is 67.0 cm³/mol. The zero-order chi connectivity index (χ0) is 12.1. The van der Waals surface area contributed by atoms with Crippen LogP contribution in [0, 0.1) is 0 Å². The van der Waals surface area contributed by atoms with Gasteiger partial charge < -0.3 is 15.1 Å². The smallest absolute Gasteiger partial charge is 0.213 e. The van der Waals surface area contributed by atoms with E-state index in [0.717, 1.165) is 23.8 Å². The SMILES string of the molecule is CCc1cnc(CNc2cccc(NC)n2)o1. The Hall–Kier alpha value is -2.04. The van der Waals surface area contributed by atoms with Gasteiger partial charge in [-0.25, -0.2) is 9.97 Å². The van der Waals surface area contributed by atoms with Crippen LogP contribution in [0.5, 0.6) is 0 Å². The van der Waals surface area contributed by atoms with Gasteiger partial charge in [0, 0.05) is 13.5 Å². The molecule has 0 amide bonds. The van der Waals surface area contributed by atoms with E-state index in [2.05, 4.69) is 20.6 Å². The van der Waals surface area contributed by atoms with Gasteiger partial charge in [-0.05, 0) is 12.1 Å². The Morgan fingerprint density at radius 3 is 2.82 bits per heavy atom. The average molecular weight is 232 g/mol. The summed E-state index contributed by atoms with van der Waals surface area (Å²) >= 11 is 0. The first-order chi connectivity index (χ1) is 8.31. The minimum absolute atomic E-state index is 0.542. The van der Waals surface area contributed by atoms with Crippen LogP contribution in [0.25, 0.3) is 0 Å². The third kappa shape index (κ3) is 2.96. The van der Waals surface area contributed by atoms with Gasteiger partial charge in [-0.1, -0.05) is 13.0 Å². The molecule has 5 nitrogen and oxygen atoms in total. The first-order valence-electron chi connectivity index (χ1n) is 5.64. The third-order valence-corrected chi connectivity index (χ3v) is 2.38. The van der Waals surface area contributed by atoms with Crippen LogP contribution in [-0.4, -0.2) is 17.0 Å². The Morgan fingerprint density at radius 1 is 1.29 bits per heavy atom. The summed E-state index contributed by atoms with van der Waals surface area (Å²) in [5, 5.41) is 6.15. The largest absolute Gasteiger partial charge is 0.444 e. The standard InChI is InChI=1S/C12H16N4O/c1-3-9-7-15-12(17-9)8-14-11-6-4-5-10(13-2)16-11/h4-7H,3,8H2,1-2H3,(H2,13,14,16). The van der Waals surface area contributed by atoms with Crippen LogP contribution < -0.4 is 10.6 Å². The summed E-state index contributed by atoms with van der Waals surface area (Å²) in [5.41, 5.74) is 0. The highest BCUT2D eigenvalue weighted by Crippen LogP contribution is 2.10. The molecule has 0 aliphatic heterocycles. The minimum Gasteiger partial charge on any atom is -0.444 e. The van der Waals surface area contributed by atoms with E-state index in [1.165, 1.54) is 0 Å². The molecule has 0 spiro atoms. The van der Waals surface area contributed by atoms with Crippen LogP contribution in [0.15, 0.2) is 28.8 Å². The van der Waals surface area contributed by atoms with Crippen molar-refractivity contribution < 1.29 is 4.42 Å². The van der Waals surface area contributed by atoms with Gasteiger partial charge in [0.25, 0.3) is 0 Å². The molecule has 2 aromatic heterocycles. The van der Waals surface area contributed by atoms with Crippen molar-refractivity contribution in [1.29, 1.82) is 0 Å². The van der Waals surface area contributed by atoms with Crippen LogP contribution in [0.4, 0.5) is 11.6 Å². The van der Waals surface area contributed by atoms with Gasteiger partial charge >= 0.3 is 0 Å². The van der Waals surface area contributed by atoms with E-state index in [1.807, 2.05) is 32.2 Å². The molecule has 0 bridgehead atoms. The summed E-state index contributed by atoms with van der Waals surface area (Å²) in [6.07, 6.45) is 2.62. The van der Waals surface area contributed by atoms with Crippen LogP contribution in [0.2, 0.25) is 0 Å². The van der Waals surface area contributed by atoms with E-state index in [-0.39, 0.29) is 0 Å². The number of rotatable bonds is 5. The molecule has 2 aromatic rings. The first-order valence-corrected chi connectivity index (χ1v) is 5.64. The van der Waals surface area contributed by atoms with Gasteiger partial charge in [0.2, 0.25) is 5.89 Å². The second kappa shape index (κ2) is 5.34. The Morgan fingerprint density at radius 2 is 2.12 bits per heavy atom. The molecule has 90 valence electrons. The van der Waals surface area contributed by atoms with Crippen molar-refractivity contribution in [3.8, 4) is 0 Å². The van der Waals surface area contributed by atoms with E-state index in [0.29, 0.717) is 12.4 Å². The molecule has 0 aliphatic rings. The lowest BCUT2D eigenvalue weighted by atomic mass is 10.4. The molecule has 0 aromatic carbocycles. The second-order valence-corrected chi connectivity index (χ2v) is 3.59. The fourth-order valence-electron chi connectivity index (χ4n) is 1.43. The van der Waals surface area contributed by atoms with Crippen LogP contribution >= 0.6 is 0 Å². The van der Waals surface area contributed by atoms with Crippen LogP contribution in [0.3, 0.4) is 0 Å². The van der Waals surface area contributed by atoms with E-state index in [4.69, 9.17) is 4.42 Å². The first kappa shape index (κ1) is 11.4. The number of hydrogen-bond acceptors (Lipinski definition) is 5. The lowest BCUT2D eigenvalue weighted by Gasteiger charge is -2.04. The molecule has 0 fully saturated rings. The molecule has 0 saturated carbocycles. The van der Waals surface area contributed by atoms with Crippen LogP contribution in [-0.2, 0) is 13.0 Å². The van der Waals surface area contributed by atoms with Crippen molar-refractivity contribution >= 4 is 11.6 Å². The minimum atomic E-state index is 0.542. The van der Waals surface area contributed by atoms with Gasteiger partial charge in [-0.2, -0.15) is 0 Å². The van der Waals surface area contributed by atoms with Crippen molar-refractivity contribution in [2.45, 2.75) is 19.9 Å². The van der Waals surface area contributed by atoms with Crippen LogP contribution in [0.1, 0.15) is 18.6 Å². The highest BCUT2D eigenvalue weighted by Gasteiger charge is 2.02. The van der Waals surface area contributed by atoms with Gasteiger partial charge in [0.15, 0.2) is 0 Å². The summed E-state index contributed by atoms with van der Waals surface area (Å²) in [4.78, 5) is 8.51. The number of anilines is 2. The van der Waals surface area contributed by atoms with Crippen molar-refractivity contribution in [2.24, 2.45) is 0 Å². The molecule has 2 rings (SSSR count). The molecule has 0 aliphatic carbocycles. The molecular formula is C12H16N4O. The fraction of sp³-hybridized carbons (Fsp3) is 0.333. The Balaban J connectivity index is 1.96. The number of aromatic nitrogens is 2. The molecule has 2 N–H and O–H groups in total. The normalized spacial score (nSPS) is 10.2. The maximum Gasteiger partial charge on any atom is 0.213 e. The number of nitrogens with zero attached hydrogens (tertiary/aromatic N) is 2. The Kier molecular flexibility index (Phi) is 3.59. The van der Waals surface area contributed by atoms with E-state index in [9.17, 15) is 0 Å². The lowest BCUT2D eigenvalue weighted by molar-refractivity contribution is 0.465. The molecule has 5 heteroatoms. The fourth-order valence-corrected chi connectivity index (χ4v) is 1.43. The van der Waals surface area contributed by atoms with Crippen molar-refractivity contribution in [3.05, 3.63) is 36.0 Å². The zero-order valence-corrected chi connectivity index (χ0v) is 10.0. The molecular weight excluding hydrogens is 216 g/mol. The molecule has 0 atom stereocenters. The van der Waals surface area contributed by atoms with E-state index < -0.39 is 0 Å². The summed E-state index contributed by atoms with van der Waals surface area (Å²) in [6.45, 7) is 2.58. The van der Waals surface area contributed by atoms with Gasteiger partial charge in [-0.15, -0.1) is 0 Å². The lowest BCUT2D eigenvalue weighted by Crippen LogP contribution is -2.02. The monoisotopic (exact) mass is 232 g/mol. The van der Waals surface area contributed by atoms with Crippen molar-refractivity contribution in [2.75, 3.05) is 17.7 Å². The highest BCUT2D eigenvalue weighted by atomic mass is 16.4. The maximum absolute atomic E-state index is 5.49. The summed E-state index contributed by atoms with van der Waals surface area (Å²) < 4.78 is 5.49. The van der Waals surface area contributed by atoms with Gasteiger partial charge in [0.05, 0.1) is 12.7 Å². The summed E-state index contributed by atoms with van der Waals surface area (Å²) in [7, 11) is 1.84. The summed E-state index contributed by atoms with van der Waals surface area (Å²) in [5.74, 6) is 3.21. The Labute approximate surface area is 100 Å². The Bertz CT molecular complexity index is 481. The van der Waals surface area contributed by atoms with Gasteiger partial charge in [-0.3, -0.25) is 0 Å². The number of aryl methyl sites for hydroxylation is 1.